The lowest BCUT2D eigenvalue weighted by molar-refractivity contribution is 0.0258. The number of aryl methyl sites for hydroxylation is 2. The van der Waals surface area contributed by atoms with Crippen LogP contribution in [0.15, 0.2) is 40.6 Å². The molecular formula is C26H34BrN5O. The molecule has 2 aliphatic rings. The maximum absolute atomic E-state index is 13.2. The van der Waals surface area contributed by atoms with Crippen molar-refractivity contribution in [3.63, 3.8) is 0 Å². The standard InChI is InChI=1S/C26H34BrN5O/c1-18-23(19(2)30-17-29-18)25(33)31-15-11-26(3,12-16-31)32-13-9-21(10-14-32)24(28-4)20-5-7-22(27)8-6-20/h5-8,17,28H,9-16H2,1-4H3. The molecule has 6 nitrogen and oxygen atoms in total. The highest BCUT2D eigenvalue weighted by Gasteiger charge is 2.38. The third-order valence-electron chi connectivity index (χ3n) is 7.43. The first kappa shape index (κ1) is 23.9. The summed E-state index contributed by atoms with van der Waals surface area (Å²) < 4.78 is 1.10. The van der Waals surface area contributed by atoms with E-state index in [1.807, 2.05) is 25.8 Å². The molecule has 4 rings (SSSR count). The Labute approximate surface area is 205 Å². The molecule has 0 radical (unpaired) electrons. The Balaban J connectivity index is 1.39. The van der Waals surface area contributed by atoms with Crippen LogP contribution in [-0.2, 0) is 0 Å². The molecule has 3 heterocycles. The van der Waals surface area contributed by atoms with Gasteiger partial charge in [-0.15, -0.1) is 0 Å². The summed E-state index contributed by atoms with van der Waals surface area (Å²) in [5.74, 6) is 0.0738. The minimum absolute atomic E-state index is 0.0738. The smallest absolute Gasteiger partial charge is 0.257 e. The van der Waals surface area contributed by atoms with E-state index in [2.05, 4.69) is 67.3 Å². The number of benzene rings is 1. The van der Waals surface area contributed by atoms with E-state index in [0.717, 1.165) is 67.7 Å². The van der Waals surface area contributed by atoms with Gasteiger partial charge in [-0.2, -0.15) is 0 Å². The number of halogens is 1. The average Bonchev–Trinajstić information content (AvgIpc) is 2.81. The Kier molecular flexibility index (Phi) is 7.19. The minimum atomic E-state index is 0.0738. The first-order chi connectivity index (χ1) is 15.8. The van der Waals surface area contributed by atoms with Crippen molar-refractivity contribution < 1.29 is 4.79 Å². The fourth-order valence-corrected chi connectivity index (χ4v) is 5.54. The molecule has 0 spiro atoms. The molecule has 0 aliphatic carbocycles. The molecule has 1 aromatic carbocycles. The molecule has 1 aromatic heterocycles. The van der Waals surface area contributed by atoms with E-state index in [4.69, 9.17) is 0 Å². The van der Waals surface area contributed by atoms with Gasteiger partial charge < -0.3 is 10.2 Å². The molecule has 1 amide bonds. The zero-order valence-electron chi connectivity index (χ0n) is 20.1. The second-order valence-electron chi connectivity index (χ2n) is 9.43. The molecule has 7 heteroatoms. The maximum Gasteiger partial charge on any atom is 0.257 e. The summed E-state index contributed by atoms with van der Waals surface area (Å²) in [6.45, 7) is 9.84. The molecule has 2 fully saturated rings. The van der Waals surface area contributed by atoms with Gasteiger partial charge >= 0.3 is 0 Å². The van der Waals surface area contributed by atoms with Gasteiger partial charge in [0.2, 0.25) is 0 Å². The lowest BCUT2D eigenvalue weighted by atomic mass is 9.84. The molecule has 2 aromatic rings. The van der Waals surface area contributed by atoms with Gasteiger partial charge in [-0.1, -0.05) is 28.1 Å². The summed E-state index contributed by atoms with van der Waals surface area (Å²) in [6.07, 6.45) is 5.67. The third-order valence-corrected chi connectivity index (χ3v) is 7.96. The molecule has 2 saturated heterocycles. The number of aromatic nitrogens is 2. The van der Waals surface area contributed by atoms with E-state index in [1.54, 1.807) is 0 Å². The number of nitrogens with one attached hydrogen (secondary N) is 1. The quantitative estimate of drug-likeness (QED) is 0.650. The van der Waals surface area contributed by atoms with Gasteiger partial charge in [0.05, 0.1) is 17.0 Å². The van der Waals surface area contributed by atoms with Crippen molar-refractivity contribution in [1.82, 2.24) is 25.1 Å². The molecule has 0 saturated carbocycles. The number of rotatable bonds is 4. The van der Waals surface area contributed by atoms with Gasteiger partial charge in [0, 0.05) is 48.9 Å². The second-order valence-corrected chi connectivity index (χ2v) is 10.3. The SMILES string of the molecule is CNC(=C1CCN(C2(C)CCN(C(=O)c3c(C)ncnc3C)CC2)CC1)c1ccc(Br)cc1. The van der Waals surface area contributed by atoms with Crippen molar-refractivity contribution >= 4 is 27.5 Å². The van der Waals surface area contributed by atoms with E-state index >= 15 is 0 Å². The summed E-state index contributed by atoms with van der Waals surface area (Å²) >= 11 is 3.53. The van der Waals surface area contributed by atoms with Crippen LogP contribution in [0.5, 0.6) is 0 Å². The lowest BCUT2D eigenvalue weighted by Gasteiger charge is -2.48. The minimum Gasteiger partial charge on any atom is -0.388 e. The van der Waals surface area contributed by atoms with Crippen LogP contribution in [0, 0.1) is 13.8 Å². The molecule has 176 valence electrons. The van der Waals surface area contributed by atoms with E-state index in [1.165, 1.54) is 23.2 Å². The summed E-state index contributed by atoms with van der Waals surface area (Å²) in [6, 6.07) is 8.54. The van der Waals surface area contributed by atoms with Crippen LogP contribution in [-0.4, -0.2) is 64.4 Å². The van der Waals surface area contributed by atoms with Gasteiger partial charge in [0.25, 0.3) is 5.91 Å². The molecule has 0 atom stereocenters. The molecule has 1 N–H and O–H groups in total. The number of carbonyl (C=O) groups is 1. The highest BCUT2D eigenvalue weighted by Crippen LogP contribution is 2.34. The molecular weight excluding hydrogens is 478 g/mol. The predicted molar refractivity (Wildman–Crippen MR) is 136 cm³/mol. The van der Waals surface area contributed by atoms with Crippen LogP contribution in [0.2, 0.25) is 0 Å². The van der Waals surface area contributed by atoms with Crippen LogP contribution < -0.4 is 5.32 Å². The maximum atomic E-state index is 13.2. The number of hydrogen-bond acceptors (Lipinski definition) is 5. The van der Waals surface area contributed by atoms with Gasteiger partial charge in [-0.3, -0.25) is 9.69 Å². The topological polar surface area (TPSA) is 61.4 Å². The van der Waals surface area contributed by atoms with Gasteiger partial charge in [-0.05, 0) is 69.7 Å². The number of likely N-dealkylation sites (tertiary alicyclic amines) is 2. The largest absolute Gasteiger partial charge is 0.388 e. The summed E-state index contributed by atoms with van der Waals surface area (Å²) in [5.41, 5.74) is 6.35. The molecule has 0 unspecified atom stereocenters. The van der Waals surface area contributed by atoms with Crippen LogP contribution >= 0.6 is 15.9 Å². The zero-order valence-corrected chi connectivity index (χ0v) is 21.7. The van der Waals surface area contributed by atoms with Crippen molar-refractivity contribution in [2.75, 3.05) is 33.2 Å². The van der Waals surface area contributed by atoms with Crippen LogP contribution in [0.4, 0.5) is 0 Å². The van der Waals surface area contributed by atoms with Crippen LogP contribution in [0.1, 0.15) is 59.9 Å². The fourth-order valence-electron chi connectivity index (χ4n) is 5.28. The number of nitrogens with zero attached hydrogens (tertiary/aromatic N) is 4. The molecule has 33 heavy (non-hydrogen) atoms. The Morgan fingerprint density at radius 2 is 1.58 bits per heavy atom. The van der Waals surface area contributed by atoms with Crippen molar-refractivity contribution in [2.45, 2.75) is 52.0 Å². The van der Waals surface area contributed by atoms with E-state index in [-0.39, 0.29) is 11.4 Å². The van der Waals surface area contributed by atoms with E-state index < -0.39 is 0 Å². The summed E-state index contributed by atoms with van der Waals surface area (Å²) in [4.78, 5) is 26.3. The van der Waals surface area contributed by atoms with Gasteiger partial charge in [0.1, 0.15) is 6.33 Å². The molecule has 2 aliphatic heterocycles. The highest BCUT2D eigenvalue weighted by molar-refractivity contribution is 9.10. The van der Waals surface area contributed by atoms with Crippen molar-refractivity contribution in [2.24, 2.45) is 0 Å². The monoisotopic (exact) mass is 511 g/mol. The summed E-state index contributed by atoms with van der Waals surface area (Å²) in [5, 5.41) is 3.45. The Bertz CT molecular complexity index is 1010. The Morgan fingerprint density at radius 3 is 2.12 bits per heavy atom. The third kappa shape index (κ3) is 4.99. The van der Waals surface area contributed by atoms with Gasteiger partial charge in [0.15, 0.2) is 0 Å². The number of hydrogen-bond donors (Lipinski definition) is 1. The Hall–Kier alpha value is -2.25. The average molecular weight is 512 g/mol. The van der Waals surface area contributed by atoms with E-state index in [0.29, 0.717) is 5.56 Å². The lowest BCUT2D eigenvalue weighted by Crippen LogP contribution is -2.56. The first-order valence-corrected chi connectivity index (χ1v) is 12.6. The fraction of sp³-hybridized carbons (Fsp3) is 0.500. The van der Waals surface area contributed by atoms with Crippen LogP contribution in [0.25, 0.3) is 5.70 Å². The predicted octanol–water partition coefficient (Wildman–Crippen LogP) is 4.58. The molecule has 0 bridgehead atoms. The van der Waals surface area contributed by atoms with E-state index in [9.17, 15) is 4.79 Å². The van der Waals surface area contributed by atoms with Gasteiger partial charge in [-0.25, -0.2) is 9.97 Å². The number of amides is 1. The zero-order chi connectivity index (χ0) is 23.6. The summed E-state index contributed by atoms with van der Waals surface area (Å²) in [7, 11) is 2.02. The van der Waals surface area contributed by atoms with Crippen LogP contribution in [0.3, 0.4) is 0 Å². The number of piperidine rings is 2. The second kappa shape index (κ2) is 9.94. The number of carbonyl (C=O) groups excluding carboxylic acids is 1. The van der Waals surface area contributed by atoms with Crippen molar-refractivity contribution in [1.29, 1.82) is 0 Å². The highest BCUT2D eigenvalue weighted by atomic mass is 79.9. The Morgan fingerprint density at radius 1 is 1.00 bits per heavy atom. The normalized spacial score (nSPS) is 18.8. The van der Waals surface area contributed by atoms with Crippen molar-refractivity contribution in [3.8, 4) is 0 Å². The first-order valence-electron chi connectivity index (χ1n) is 11.8. The van der Waals surface area contributed by atoms with Crippen molar-refractivity contribution in [3.05, 3.63) is 63.2 Å².